The maximum Gasteiger partial charge on any atom is 0.0596 e. The van der Waals surface area contributed by atoms with Gasteiger partial charge in [-0.3, -0.25) is 4.68 Å². The van der Waals surface area contributed by atoms with Gasteiger partial charge in [-0.1, -0.05) is 0 Å². The zero-order chi connectivity index (χ0) is 13.8. The predicted octanol–water partition coefficient (Wildman–Crippen LogP) is 2.06. The van der Waals surface area contributed by atoms with Crippen molar-refractivity contribution in [1.82, 2.24) is 15.1 Å². The van der Waals surface area contributed by atoms with E-state index in [0.717, 1.165) is 24.6 Å². The lowest BCUT2D eigenvalue weighted by Crippen LogP contribution is -2.38. The minimum Gasteiger partial charge on any atom is -0.378 e. The Bertz CT molecular complexity index is 396. The monoisotopic (exact) mass is 265 g/mol. The molecule has 1 aliphatic rings. The highest BCUT2D eigenvalue weighted by molar-refractivity contribution is 5.10. The van der Waals surface area contributed by atoms with Gasteiger partial charge in [0.05, 0.1) is 11.8 Å². The molecule has 0 aromatic carbocycles. The van der Waals surface area contributed by atoms with Gasteiger partial charge in [-0.2, -0.15) is 5.10 Å². The molecule has 19 heavy (non-hydrogen) atoms. The number of aromatic nitrogens is 2. The van der Waals surface area contributed by atoms with E-state index in [4.69, 9.17) is 4.74 Å². The van der Waals surface area contributed by atoms with Crippen molar-refractivity contribution in [3.63, 3.8) is 0 Å². The van der Waals surface area contributed by atoms with Crippen LogP contribution in [0.2, 0.25) is 0 Å². The summed E-state index contributed by atoms with van der Waals surface area (Å²) in [5.74, 6) is 0.823. The molecule has 2 rings (SSSR count). The van der Waals surface area contributed by atoms with E-state index in [1.54, 1.807) is 0 Å². The zero-order valence-corrected chi connectivity index (χ0v) is 12.6. The van der Waals surface area contributed by atoms with Gasteiger partial charge >= 0.3 is 0 Å². The SMILES string of the molecule is CCOC1CC(CC(Cc2cc(C)nn2C)NC)C1. The predicted molar refractivity (Wildman–Crippen MR) is 77.3 cm³/mol. The maximum atomic E-state index is 5.63. The first-order chi connectivity index (χ1) is 9.12. The van der Waals surface area contributed by atoms with Crippen LogP contribution < -0.4 is 5.32 Å². The number of rotatable bonds is 7. The first-order valence-corrected chi connectivity index (χ1v) is 7.40. The third kappa shape index (κ3) is 3.80. The summed E-state index contributed by atoms with van der Waals surface area (Å²) < 4.78 is 7.63. The lowest BCUT2D eigenvalue weighted by atomic mass is 9.77. The average Bonchev–Trinajstić information content (AvgIpc) is 2.63. The summed E-state index contributed by atoms with van der Waals surface area (Å²) in [6.45, 7) is 4.98. The highest BCUT2D eigenvalue weighted by Gasteiger charge is 2.31. The largest absolute Gasteiger partial charge is 0.378 e. The molecule has 1 aliphatic carbocycles. The van der Waals surface area contributed by atoms with Crippen molar-refractivity contribution in [2.45, 2.75) is 51.7 Å². The van der Waals surface area contributed by atoms with Gasteiger partial charge in [0.15, 0.2) is 0 Å². The van der Waals surface area contributed by atoms with Crippen LogP contribution in [-0.4, -0.2) is 35.6 Å². The van der Waals surface area contributed by atoms with E-state index in [0.29, 0.717) is 12.1 Å². The van der Waals surface area contributed by atoms with E-state index in [1.807, 2.05) is 11.7 Å². The lowest BCUT2D eigenvalue weighted by Gasteiger charge is -2.37. The molecule has 1 fully saturated rings. The summed E-state index contributed by atoms with van der Waals surface area (Å²) in [6.07, 6.45) is 5.28. The van der Waals surface area contributed by atoms with Crippen LogP contribution in [0.4, 0.5) is 0 Å². The molecule has 0 bridgehead atoms. The van der Waals surface area contributed by atoms with Crippen LogP contribution in [-0.2, 0) is 18.2 Å². The minimum absolute atomic E-state index is 0.520. The number of ether oxygens (including phenoxy) is 1. The summed E-state index contributed by atoms with van der Waals surface area (Å²) in [7, 11) is 4.09. The molecule has 1 saturated carbocycles. The molecule has 0 radical (unpaired) electrons. The third-order valence-electron chi connectivity index (χ3n) is 4.18. The molecule has 1 N–H and O–H groups in total. The average molecular weight is 265 g/mol. The van der Waals surface area contributed by atoms with Crippen LogP contribution >= 0.6 is 0 Å². The first-order valence-electron chi connectivity index (χ1n) is 7.40. The van der Waals surface area contributed by atoms with Gasteiger partial charge in [0, 0.05) is 31.8 Å². The standard InChI is InChI=1S/C15H27N3O/c1-5-19-15-8-12(9-15)7-13(16-3)10-14-6-11(2)17-18(14)4/h6,12-13,15-16H,5,7-10H2,1-4H3. The van der Waals surface area contributed by atoms with Crippen molar-refractivity contribution >= 4 is 0 Å². The quantitative estimate of drug-likeness (QED) is 0.820. The normalized spacial score (nSPS) is 24.2. The van der Waals surface area contributed by atoms with E-state index in [-0.39, 0.29) is 0 Å². The summed E-state index contributed by atoms with van der Waals surface area (Å²) >= 11 is 0. The molecule has 1 heterocycles. The molecule has 0 amide bonds. The molecule has 4 heteroatoms. The Hall–Kier alpha value is -0.870. The number of nitrogens with one attached hydrogen (secondary N) is 1. The van der Waals surface area contributed by atoms with Crippen LogP contribution in [0.3, 0.4) is 0 Å². The van der Waals surface area contributed by atoms with E-state index < -0.39 is 0 Å². The van der Waals surface area contributed by atoms with E-state index in [2.05, 4.69) is 37.4 Å². The second-order valence-corrected chi connectivity index (χ2v) is 5.74. The summed E-state index contributed by atoms with van der Waals surface area (Å²) in [5.41, 5.74) is 2.42. The van der Waals surface area contributed by atoms with E-state index in [1.165, 1.54) is 25.0 Å². The fourth-order valence-corrected chi connectivity index (χ4v) is 3.05. The molecule has 1 aromatic heterocycles. The Labute approximate surface area is 116 Å². The molecule has 1 aromatic rings. The third-order valence-corrected chi connectivity index (χ3v) is 4.18. The lowest BCUT2D eigenvalue weighted by molar-refractivity contribution is -0.0288. The maximum absolute atomic E-state index is 5.63. The Morgan fingerprint density at radius 1 is 1.53 bits per heavy atom. The van der Waals surface area contributed by atoms with Crippen LogP contribution in [0.5, 0.6) is 0 Å². The molecule has 0 aliphatic heterocycles. The minimum atomic E-state index is 0.520. The zero-order valence-electron chi connectivity index (χ0n) is 12.6. The highest BCUT2D eigenvalue weighted by Crippen LogP contribution is 2.34. The second-order valence-electron chi connectivity index (χ2n) is 5.74. The van der Waals surface area contributed by atoms with Crippen LogP contribution in [0.15, 0.2) is 6.07 Å². The Kier molecular flexibility index (Phi) is 4.99. The van der Waals surface area contributed by atoms with Crippen LogP contribution in [0, 0.1) is 12.8 Å². The summed E-state index contributed by atoms with van der Waals surface area (Å²) in [5, 5.41) is 7.87. The molecule has 108 valence electrons. The van der Waals surface area contributed by atoms with Gasteiger partial charge in [0.2, 0.25) is 0 Å². The van der Waals surface area contributed by atoms with Gasteiger partial charge in [0.25, 0.3) is 0 Å². The fourth-order valence-electron chi connectivity index (χ4n) is 3.05. The topological polar surface area (TPSA) is 39.1 Å². The second kappa shape index (κ2) is 6.53. The highest BCUT2D eigenvalue weighted by atomic mass is 16.5. The molecule has 0 saturated heterocycles. The molecule has 4 nitrogen and oxygen atoms in total. The van der Waals surface area contributed by atoms with Crippen LogP contribution in [0.1, 0.15) is 37.6 Å². The number of aryl methyl sites for hydroxylation is 2. The number of hydrogen-bond donors (Lipinski definition) is 1. The fraction of sp³-hybridized carbons (Fsp3) is 0.800. The van der Waals surface area contributed by atoms with Crippen LogP contribution in [0.25, 0.3) is 0 Å². The summed E-state index contributed by atoms with van der Waals surface area (Å²) in [6, 6.07) is 2.73. The Balaban J connectivity index is 1.80. The molecule has 1 atom stereocenters. The van der Waals surface area contributed by atoms with Crippen molar-refractivity contribution in [3.8, 4) is 0 Å². The van der Waals surface area contributed by atoms with Crippen molar-refractivity contribution in [1.29, 1.82) is 0 Å². The molecule has 1 unspecified atom stereocenters. The van der Waals surface area contributed by atoms with Gasteiger partial charge in [-0.05, 0) is 52.1 Å². The number of hydrogen-bond acceptors (Lipinski definition) is 3. The number of nitrogens with zero attached hydrogens (tertiary/aromatic N) is 2. The van der Waals surface area contributed by atoms with E-state index >= 15 is 0 Å². The van der Waals surface area contributed by atoms with E-state index in [9.17, 15) is 0 Å². The Morgan fingerprint density at radius 3 is 2.79 bits per heavy atom. The van der Waals surface area contributed by atoms with Crippen molar-refractivity contribution in [3.05, 3.63) is 17.5 Å². The van der Waals surface area contributed by atoms with Crippen molar-refractivity contribution < 1.29 is 4.74 Å². The van der Waals surface area contributed by atoms with Gasteiger partial charge in [-0.25, -0.2) is 0 Å². The van der Waals surface area contributed by atoms with Gasteiger partial charge < -0.3 is 10.1 Å². The summed E-state index contributed by atoms with van der Waals surface area (Å²) in [4.78, 5) is 0. The first kappa shape index (κ1) is 14.5. The smallest absolute Gasteiger partial charge is 0.0596 e. The molecular weight excluding hydrogens is 238 g/mol. The van der Waals surface area contributed by atoms with Crippen molar-refractivity contribution in [2.75, 3.05) is 13.7 Å². The van der Waals surface area contributed by atoms with Gasteiger partial charge in [0.1, 0.15) is 0 Å². The molecular formula is C15H27N3O. The van der Waals surface area contributed by atoms with Gasteiger partial charge in [-0.15, -0.1) is 0 Å². The van der Waals surface area contributed by atoms with Crippen molar-refractivity contribution in [2.24, 2.45) is 13.0 Å². The molecule has 0 spiro atoms. The Morgan fingerprint density at radius 2 is 2.26 bits per heavy atom. The number of likely N-dealkylation sites (N-methyl/N-ethyl adjacent to an activating group) is 1.